The van der Waals surface area contributed by atoms with Gasteiger partial charge in [-0.15, -0.1) is 0 Å². The lowest BCUT2D eigenvalue weighted by Crippen LogP contribution is -2.32. The van der Waals surface area contributed by atoms with Gasteiger partial charge in [-0.3, -0.25) is 9.59 Å². The van der Waals surface area contributed by atoms with Crippen molar-refractivity contribution >= 4 is 30.0 Å². The molecule has 2 rings (SSSR count). The van der Waals surface area contributed by atoms with Gasteiger partial charge in [-0.2, -0.15) is 12.6 Å². The second-order valence-electron chi connectivity index (χ2n) is 3.33. The number of nitrogens with zero attached hydrogens (tertiary/aromatic N) is 2. The topological polar surface area (TPSA) is 92.1 Å². The van der Waals surface area contributed by atoms with Crippen LogP contribution in [-0.4, -0.2) is 27.7 Å². The number of H-pyrrole nitrogens is 1. The minimum Gasteiger partial charge on any atom is -0.382 e. The van der Waals surface area contributed by atoms with Gasteiger partial charge < -0.3 is 15.6 Å². The van der Waals surface area contributed by atoms with Gasteiger partial charge in [0.15, 0.2) is 11.5 Å². The first-order valence-electron chi connectivity index (χ1n) is 4.41. The molecule has 1 aromatic heterocycles. The lowest BCUT2D eigenvalue weighted by molar-refractivity contribution is -0.117. The van der Waals surface area contributed by atoms with E-state index >= 15 is 0 Å². The van der Waals surface area contributed by atoms with Crippen molar-refractivity contribution in [1.29, 1.82) is 0 Å². The molecule has 0 aliphatic carbocycles. The molecule has 1 saturated heterocycles. The first kappa shape index (κ1) is 10.0. The quantitative estimate of drug-likeness (QED) is 0.557. The zero-order valence-corrected chi connectivity index (χ0v) is 8.70. The van der Waals surface area contributed by atoms with E-state index in [9.17, 15) is 9.59 Å². The molecule has 1 aromatic rings. The number of nitrogen functional groups attached to an aromatic ring is 1. The number of anilines is 2. The minimum atomic E-state index is -0.404. The van der Waals surface area contributed by atoms with Crippen LogP contribution in [0.4, 0.5) is 11.5 Å². The van der Waals surface area contributed by atoms with Gasteiger partial charge in [-0.25, -0.2) is 4.98 Å². The molecular formula is C8H10N4O2S. The molecule has 3 N–H and O–H groups in total. The summed E-state index contributed by atoms with van der Waals surface area (Å²) in [6.07, 6.45) is 1.52. The van der Waals surface area contributed by atoms with Crippen LogP contribution in [0.3, 0.4) is 0 Å². The number of aromatic nitrogens is 2. The summed E-state index contributed by atoms with van der Waals surface area (Å²) in [6, 6.07) is 0. The third-order valence-corrected chi connectivity index (χ3v) is 2.58. The lowest BCUT2D eigenvalue weighted by atomic mass is 10.4. The number of aromatic amines is 1. The molecule has 6 nitrogen and oxygen atoms in total. The number of amides is 1. The lowest BCUT2D eigenvalue weighted by Gasteiger charge is -2.15. The minimum absolute atomic E-state index is 0.0588. The number of carbonyl (C=O) groups excluding carboxylic acids is 1. The summed E-state index contributed by atoms with van der Waals surface area (Å²) in [5.41, 5.74) is 5.28. The average molecular weight is 226 g/mol. The Morgan fingerprint density at radius 2 is 2.33 bits per heavy atom. The molecule has 1 aliphatic rings. The second kappa shape index (κ2) is 3.58. The molecule has 1 amide bonds. The van der Waals surface area contributed by atoms with Crippen molar-refractivity contribution in [3.05, 3.63) is 16.7 Å². The summed E-state index contributed by atoms with van der Waals surface area (Å²) in [5.74, 6) is -0.0882. The molecule has 0 saturated carbocycles. The van der Waals surface area contributed by atoms with Crippen LogP contribution in [0.5, 0.6) is 0 Å². The summed E-state index contributed by atoms with van der Waals surface area (Å²) in [4.78, 5) is 30.5. The Morgan fingerprint density at radius 1 is 1.60 bits per heavy atom. The normalized spacial score (nSPS) is 21.0. The summed E-state index contributed by atoms with van der Waals surface area (Å²) in [5, 5.41) is -0.0588. The van der Waals surface area contributed by atoms with E-state index in [0.717, 1.165) is 0 Å². The molecule has 1 aliphatic heterocycles. The van der Waals surface area contributed by atoms with E-state index in [4.69, 9.17) is 5.73 Å². The molecule has 0 spiro atoms. The number of nitrogens with two attached hydrogens (primary N) is 1. The monoisotopic (exact) mass is 226 g/mol. The van der Waals surface area contributed by atoms with Crippen molar-refractivity contribution < 1.29 is 4.79 Å². The van der Waals surface area contributed by atoms with E-state index in [1.165, 1.54) is 11.2 Å². The Labute approximate surface area is 90.9 Å². The molecule has 1 atom stereocenters. The molecule has 7 heteroatoms. The molecule has 1 fully saturated rings. The van der Waals surface area contributed by atoms with Crippen molar-refractivity contribution in [2.75, 3.05) is 17.2 Å². The van der Waals surface area contributed by atoms with Gasteiger partial charge in [0.05, 0.1) is 6.33 Å². The fourth-order valence-electron chi connectivity index (χ4n) is 1.57. The smallest absolute Gasteiger partial charge is 0.276 e. The second-order valence-corrected chi connectivity index (χ2v) is 4.06. The van der Waals surface area contributed by atoms with E-state index in [1.807, 2.05) is 0 Å². The number of carbonyl (C=O) groups is 1. The van der Waals surface area contributed by atoms with Crippen LogP contribution in [0, 0.1) is 0 Å². The van der Waals surface area contributed by atoms with Crippen LogP contribution in [0.15, 0.2) is 11.1 Å². The summed E-state index contributed by atoms with van der Waals surface area (Å²) in [7, 11) is 0. The van der Waals surface area contributed by atoms with E-state index < -0.39 is 5.56 Å². The fraction of sp³-hybridized carbons (Fsp3) is 0.375. The van der Waals surface area contributed by atoms with Gasteiger partial charge >= 0.3 is 0 Å². The SMILES string of the molecule is Nc1nc[nH]c(=O)c1N1CC(S)CC1=O. The predicted molar refractivity (Wildman–Crippen MR) is 59.0 cm³/mol. The highest BCUT2D eigenvalue weighted by Gasteiger charge is 2.31. The first-order valence-corrected chi connectivity index (χ1v) is 4.93. The number of hydrogen-bond donors (Lipinski definition) is 3. The zero-order chi connectivity index (χ0) is 11.0. The van der Waals surface area contributed by atoms with Crippen molar-refractivity contribution in [2.24, 2.45) is 0 Å². The maximum atomic E-state index is 11.5. The van der Waals surface area contributed by atoms with E-state index in [1.54, 1.807) is 0 Å². The molecule has 80 valence electrons. The average Bonchev–Trinajstić information content (AvgIpc) is 2.45. The zero-order valence-electron chi connectivity index (χ0n) is 7.80. The van der Waals surface area contributed by atoms with Gasteiger partial charge in [-0.05, 0) is 0 Å². The third-order valence-electron chi connectivity index (χ3n) is 2.23. The maximum absolute atomic E-state index is 11.5. The van der Waals surface area contributed by atoms with Crippen molar-refractivity contribution in [2.45, 2.75) is 11.7 Å². The van der Waals surface area contributed by atoms with Crippen LogP contribution in [-0.2, 0) is 4.79 Å². The number of thiol groups is 1. The van der Waals surface area contributed by atoms with E-state index in [-0.39, 0.29) is 22.7 Å². The highest BCUT2D eigenvalue weighted by Crippen LogP contribution is 2.23. The largest absolute Gasteiger partial charge is 0.382 e. The Morgan fingerprint density at radius 3 is 2.87 bits per heavy atom. The molecule has 0 bridgehead atoms. The Hall–Kier alpha value is -1.50. The number of hydrogen-bond acceptors (Lipinski definition) is 5. The summed E-state index contributed by atoms with van der Waals surface area (Å²) >= 11 is 4.19. The standard InChI is InChI=1S/C8H10N4O2S/c9-7-6(8(14)11-3-10-7)12-2-4(15)1-5(12)13/h3-4,15H,1-2H2,(H3,9,10,11,14). The molecule has 2 heterocycles. The van der Waals surface area contributed by atoms with E-state index in [0.29, 0.717) is 13.0 Å². The molecular weight excluding hydrogens is 216 g/mol. The van der Waals surface area contributed by atoms with E-state index in [2.05, 4.69) is 22.6 Å². The fourth-order valence-corrected chi connectivity index (χ4v) is 1.89. The maximum Gasteiger partial charge on any atom is 0.276 e. The van der Waals surface area contributed by atoms with Gasteiger partial charge in [0.2, 0.25) is 5.91 Å². The molecule has 0 radical (unpaired) electrons. The van der Waals surface area contributed by atoms with Gasteiger partial charge in [0.25, 0.3) is 5.56 Å². The Bertz CT molecular complexity index is 458. The summed E-state index contributed by atoms with van der Waals surface area (Å²) < 4.78 is 0. The van der Waals surface area contributed by atoms with Crippen LogP contribution in [0.25, 0.3) is 0 Å². The van der Waals surface area contributed by atoms with Crippen molar-refractivity contribution in [3.63, 3.8) is 0 Å². The van der Waals surface area contributed by atoms with Crippen LogP contribution >= 0.6 is 12.6 Å². The van der Waals surface area contributed by atoms with Gasteiger partial charge in [-0.1, -0.05) is 0 Å². The summed E-state index contributed by atoms with van der Waals surface area (Å²) in [6.45, 7) is 0.390. The van der Waals surface area contributed by atoms with Gasteiger partial charge in [0, 0.05) is 18.2 Å². The Kier molecular flexibility index (Phi) is 2.39. The highest BCUT2D eigenvalue weighted by atomic mass is 32.1. The van der Waals surface area contributed by atoms with Gasteiger partial charge in [0.1, 0.15) is 0 Å². The third kappa shape index (κ3) is 1.70. The number of rotatable bonds is 1. The van der Waals surface area contributed by atoms with Crippen LogP contribution in [0.1, 0.15) is 6.42 Å². The van der Waals surface area contributed by atoms with Crippen molar-refractivity contribution in [3.8, 4) is 0 Å². The van der Waals surface area contributed by atoms with Crippen molar-refractivity contribution in [1.82, 2.24) is 9.97 Å². The molecule has 1 unspecified atom stereocenters. The number of nitrogens with one attached hydrogen (secondary N) is 1. The van der Waals surface area contributed by atoms with Crippen LogP contribution in [0.2, 0.25) is 0 Å². The molecule has 0 aromatic carbocycles. The molecule has 15 heavy (non-hydrogen) atoms. The predicted octanol–water partition coefficient (Wildman–Crippen LogP) is -0.613. The Balaban J connectivity index is 2.46. The first-order chi connectivity index (χ1) is 7.09. The van der Waals surface area contributed by atoms with Crippen LogP contribution < -0.4 is 16.2 Å². The highest BCUT2D eigenvalue weighted by molar-refractivity contribution is 7.81.